The molecule has 0 aromatic carbocycles. The summed E-state index contributed by atoms with van der Waals surface area (Å²) < 4.78 is 0. The summed E-state index contributed by atoms with van der Waals surface area (Å²) in [6.07, 6.45) is 2.99. The van der Waals surface area contributed by atoms with E-state index in [4.69, 9.17) is 10.9 Å². The van der Waals surface area contributed by atoms with Crippen LogP contribution < -0.4 is 5.73 Å². The highest BCUT2D eigenvalue weighted by atomic mass is 16.4. The Kier molecular flexibility index (Phi) is 4.72. The summed E-state index contributed by atoms with van der Waals surface area (Å²) in [6.45, 7) is 4.23. The van der Waals surface area contributed by atoms with E-state index in [-0.39, 0.29) is 0 Å². The zero-order valence-corrected chi connectivity index (χ0v) is 6.67. The molecule has 3 heteroatoms. The summed E-state index contributed by atoms with van der Waals surface area (Å²) in [5.41, 5.74) is 5.30. The van der Waals surface area contributed by atoms with Gasteiger partial charge in [0, 0.05) is 6.42 Å². The minimum absolute atomic E-state index is 0.334. The van der Waals surface area contributed by atoms with E-state index in [9.17, 15) is 0 Å². The lowest BCUT2D eigenvalue weighted by molar-refractivity contribution is 0.315. The van der Waals surface area contributed by atoms with Gasteiger partial charge < -0.3 is 10.9 Å². The first-order valence-corrected chi connectivity index (χ1v) is 3.67. The van der Waals surface area contributed by atoms with E-state index in [1.54, 1.807) is 0 Å². The molecule has 0 spiro atoms. The Labute approximate surface area is 61.9 Å². The fourth-order valence-electron chi connectivity index (χ4n) is 0.993. The normalized spacial score (nSPS) is 15.2. The Morgan fingerprint density at radius 2 is 2.30 bits per heavy atom. The number of nitrogens with zero attached hydrogens (tertiary/aromatic N) is 1. The second-order valence-corrected chi connectivity index (χ2v) is 2.69. The molecule has 3 N–H and O–H groups in total. The standard InChI is InChI=1S/C7H16N2O/c1-3-4-6(2)5-7(8)9-10/h6,10H,3-5H2,1-2H3,(H2,8,9). The molecule has 1 atom stereocenters. The SMILES string of the molecule is CCCC(C)CC(N)=NO. The monoisotopic (exact) mass is 144 g/mol. The van der Waals surface area contributed by atoms with Gasteiger partial charge in [-0.2, -0.15) is 0 Å². The van der Waals surface area contributed by atoms with Gasteiger partial charge in [-0.25, -0.2) is 0 Å². The smallest absolute Gasteiger partial charge is 0.139 e. The van der Waals surface area contributed by atoms with Gasteiger partial charge in [0.1, 0.15) is 5.84 Å². The first-order chi connectivity index (χ1) is 4.70. The second-order valence-electron chi connectivity index (χ2n) is 2.69. The highest BCUT2D eigenvalue weighted by Crippen LogP contribution is 2.08. The molecule has 0 amide bonds. The summed E-state index contributed by atoms with van der Waals surface area (Å²) in [5, 5.41) is 11.1. The summed E-state index contributed by atoms with van der Waals surface area (Å²) in [5.74, 6) is 0.863. The van der Waals surface area contributed by atoms with E-state index in [2.05, 4.69) is 19.0 Å². The molecule has 0 saturated carbocycles. The minimum Gasteiger partial charge on any atom is -0.409 e. The van der Waals surface area contributed by atoms with Crippen molar-refractivity contribution in [1.82, 2.24) is 0 Å². The summed E-state index contributed by atoms with van der Waals surface area (Å²) in [4.78, 5) is 0. The second kappa shape index (κ2) is 5.09. The molecule has 0 aliphatic heterocycles. The van der Waals surface area contributed by atoms with Gasteiger partial charge in [-0.3, -0.25) is 0 Å². The number of hydrogen-bond donors (Lipinski definition) is 2. The van der Waals surface area contributed by atoms with Crippen molar-refractivity contribution in [2.24, 2.45) is 16.8 Å². The maximum absolute atomic E-state index is 8.21. The van der Waals surface area contributed by atoms with E-state index >= 15 is 0 Å². The molecule has 0 fully saturated rings. The topological polar surface area (TPSA) is 58.6 Å². The highest BCUT2D eigenvalue weighted by Gasteiger charge is 2.02. The van der Waals surface area contributed by atoms with Crippen LogP contribution in [0.2, 0.25) is 0 Å². The molecule has 0 aromatic rings. The van der Waals surface area contributed by atoms with E-state index in [1.165, 1.54) is 0 Å². The highest BCUT2D eigenvalue weighted by molar-refractivity contribution is 5.79. The van der Waals surface area contributed by atoms with Gasteiger partial charge in [-0.15, -0.1) is 0 Å². The molecule has 0 aromatic heterocycles. The van der Waals surface area contributed by atoms with Crippen molar-refractivity contribution in [3.63, 3.8) is 0 Å². The summed E-state index contributed by atoms with van der Waals surface area (Å²) in [6, 6.07) is 0. The molecule has 0 heterocycles. The van der Waals surface area contributed by atoms with E-state index in [1.807, 2.05) is 0 Å². The molecule has 0 aliphatic rings. The van der Waals surface area contributed by atoms with Crippen molar-refractivity contribution >= 4 is 5.84 Å². The van der Waals surface area contributed by atoms with Gasteiger partial charge in [0.25, 0.3) is 0 Å². The van der Waals surface area contributed by atoms with Crippen molar-refractivity contribution in [3.8, 4) is 0 Å². The van der Waals surface area contributed by atoms with Crippen LogP contribution >= 0.6 is 0 Å². The predicted octanol–water partition coefficient (Wildman–Crippen LogP) is 1.56. The van der Waals surface area contributed by atoms with Gasteiger partial charge in [0.05, 0.1) is 0 Å². The fraction of sp³-hybridized carbons (Fsp3) is 0.857. The molecule has 3 nitrogen and oxygen atoms in total. The molecular formula is C7H16N2O. The van der Waals surface area contributed by atoms with Crippen LogP contribution in [0.4, 0.5) is 0 Å². The number of oxime groups is 1. The van der Waals surface area contributed by atoms with Gasteiger partial charge in [-0.05, 0) is 5.92 Å². The van der Waals surface area contributed by atoms with Crippen LogP contribution in [0, 0.1) is 5.92 Å². The first-order valence-electron chi connectivity index (χ1n) is 3.67. The van der Waals surface area contributed by atoms with Crippen molar-refractivity contribution in [2.45, 2.75) is 33.1 Å². The molecule has 0 rings (SSSR count). The predicted molar refractivity (Wildman–Crippen MR) is 42.1 cm³/mol. The average molecular weight is 144 g/mol. The van der Waals surface area contributed by atoms with Crippen LogP contribution in [0.25, 0.3) is 0 Å². The molecule has 0 bridgehead atoms. The first kappa shape index (κ1) is 9.27. The number of nitrogens with two attached hydrogens (primary N) is 1. The minimum atomic E-state index is 0.334. The largest absolute Gasteiger partial charge is 0.409 e. The van der Waals surface area contributed by atoms with Crippen molar-refractivity contribution in [1.29, 1.82) is 0 Å². The van der Waals surface area contributed by atoms with Crippen LogP contribution in [0.15, 0.2) is 5.16 Å². The fourth-order valence-corrected chi connectivity index (χ4v) is 0.993. The Morgan fingerprint density at radius 1 is 1.70 bits per heavy atom. The van der Waals surface area contributed by atoms with E-state index in [0.29, 0.717) is 18.2 Å². The lowest BCUT2D eigenvalue weighted by atomic mass is 10.0. The van der Waals surface area contributed by atoms with Crippen molar-refractivity contribution in [3.05, 3.63) is 0 Å². The van der Waals surface area contributed by atoms with Crippen molar-refractivity contribution < 1.29 is 5.21 Å². The van der Waals surface area contributed by atoms with Gasteiger partial charge >= 0.3 is 0 Å². The lowest BCUT2D eigenvalue weighted by Gasteiger charge is -2.06. The summed E-state index contributed by atoms with van der Waals surface area (Å²) >= 11 is 0. The lowest BCUT2D eigenvalue weighted by Crippen LogP contribution is -2.15. The average Bonchev–Trinajstić information content (AvgIpc) is 1.88. The molecule has 0 saturated heterocycles. The third-order valence-electron chi connectivity index (χ3n) is 1.47. The number of hydrogen-bond acceptors (Lipinski definition) is 2. The Hall–Kier alpha value is -0.730. The van der Waals surface area contributed by atoms with Crippen LogP contribution in [0.1, 0.15) is 33.1 Å². The third kappa shape index (κ3) is 4.18. The molecule has 0 aliphatic carbocycles. The zero-order valence-electron chi connectivity index (χ0n) is 6.67. The maximum atomic E-state index is 8.21. The van der Waals surface area contributed by atoms with E-state index < -0.39 is 0 Å². The van der Waals surface area contributed by atoms with Crippen molar-refractivity contribution in [2.75, 3.05) is 0 Å². The van der Waals surface area contributed by atoms with Crippen LogP contribution in [0.5, 0.6) is 0 Å². The zero-order chi connectivity index (χ0) is 7.98. The molecule has 0 radical (unpaired) electrons. The third-order valence-corrected chi connectivity index (χ3v) is 1.47. The Balaban J connectivity index is 3.47. The number of rotatable bonds is 4. The van der Waals surface area contributed by atoms with E-state index in [0.717, 1.165) is 12.8 Å². The molecule has 10 heavy (non-hydrogen) atoms. The quantitative estimate of drug-likeness (QED) is 0.272. The maximum Gasteiger partial charge on any atom is 0.139 e. The van der Waals surface area contributed by atoms with Gasteiger partial charge in [0.15, 0.2) is 0 Å². The van der Waals surface area contributed by atoms with Crippen LogP contribution in [-0.4, -0.2) is 11.0 Å². The van der Waals surface area contributed by atoms with Gasteiger partial charge in [-0.1, -0.05) is 31.8 Å². The molecule has 1 unspecified atom stereocenters. The number of amidine groups is 1. The molecular weight excluding hydrogens is 128 g/mol. The van der Waals surface area contributed by atoms with Crippen LogP contribution in [0.3, 0.4) is 0 Å². The Bertz CT molecular complexity index is 112. The van der Waals surface area contributed by atoms with Gasteiger partial charge in [0.2, 0.25) is 0 Å². The summed E-state index contributed by atoms with van der Waals surface area (Å²) in [7, 11) is 0. The molecule has 60 valence electrons. The van der Waals surface area contributed by atoms with Crippen LogP contribution in [-0.2, 0) is 0 Å². The Morgan fingerprint density at radius 3 is 2.70 bits per heavy atom.